The molecule has 0 aromatic heterocycles. The average molecular weight is 229 g/mol. The number of carbonyl (C=O) groups excluding carboxylic acids is 1. The molecule has 0 aromatic carbocycles. The summed E-state index contributed by atoms with van der Waals surface area (Å²) in [6, 6.07) is 0. The molecule has 0 aliphatic heterocycles. The maximum absolute atomic E-state index is 11.8. The molecule has 5 nitrogen and oxygen atoms in total. The van der Waals surface area contributed by atoms with E-state index in [1.165, 1.54) is 14.0 Å². The first-order chi connectivity index (χ1) is 7.23. The third-order valence-electron chi connectivity index (χ3n) is 3.13. The van der Waals surface area contributed by atoms with Gasteiger partial charge >= 0.3 is 5.97 Å². The van der Waals surface area contributed by atoms with Crippen LogP contribution in [0.25, 0.3) is 0 Å². The molecule has 1 amide bonds. The zero-order valence-corrected chi connectivity index (χ0v) is 10.2. The van der Waals surface area contributed by atoms with Crippen molar-refractivity contribution in [3.05, 3.63) is 0 Å². The topological polar surface area (TPSA) is 75.6 Å². The van der Waals surface area contributed by atoms with Crippen LogP contribution in [0.4, 0.5) is 0 Å². The van der Waals surface area contributed by atoms with Gasteiger partial charge in [-0.05, 0) is 18.8 Å². The molecule has 5 heteroatoms. The molecular weight excluding hydrogens is 210 g/mol. The Hall–Kier alpha value is -1.10. The second-order valence-electron chi connectivity index (χ2n) is 5.30. The van der Waals surface area contributed by atoms with Crippen molar-refractivity contribution in [1.82, 2.24) is 5.32 Å². The summed E-state index contributed by atoms with van der Waals surface area (Å²) in [6.45, 7) is 5.39. The van der Waals surface area contributed by atoms with Gasteiger partial charge in [0.25, 0.3) is 0 Å². The van der Waals surface area contributed by atoms with Gasteiger partial charge in [-0.15, -0.1) is 0 Å². The Balaban J connectivity index is 2.63. The summed E-state index contributed by atoms with van der Waals surface area (Å²) in [4.78, 5) is 22.8. The first-order valence-electron chi connectivity index (χ1n) is 5.27. The van der Waals surface area contributed by atoms with Crippen LogP contribution in [0, 0.1) is 11.3 Å². The second kappa shape index (κ2) is 4.05. The number of carboxylic acids is 1. The predicted octanol–water partition coefficient (Wildman–Crippen LogP) is 0.638. The van der Waals surface area contributed by atoms with Crippen molar-refractivity contribution in [3.8, 4) is 0 Å². The van der Waals surface area contributed by atoms with E-state index in [9.17, 15) is 9.59 Å². The summed E-state index contributed by atoms with van der Waals surface area (Å²) in [5, 5.41) is 11.6. The molecule has 2 N–H and O–H groups in total. The number of amides is 1. The lowest BCUT2D eigenvalue weighted by atomic mass is 10.0. The largest absolute Gasteiger partial charge is 0.479 e. The molecule has 0 radical (unpaired) electrons. The molecule has 0 bridgehead atoms. The fourth-order valence-electron chi connectivity index (χ4n) is 1.71. The molecular formula is C11H19NO4. The summed E-state index contributed by atoms with van der Waals surface area (Å²) < 4.78 is 4.83. The minimum atomic E-state index is -1.34. The highest BCUT2D eigenvalue weighted by Gasteiger charge is 2.52. The van der Waals surface area contributed by atoms with Crippen LogP contribution in [0.2, 0.25) is 0 Å². The van der Waals surface area contributed by atoms with Crippen molar-refractivity contribution < 1.29 is 19.4 Å². The van der Waals surface area contributed by atoms with Gasteiger partial charge in [-0.1, -0.05) is 13.8 Å². The minimum absolute atomic E-state index is 0.00340. The lowest BCUT2D eigenvalue weighted by Crippen LogP contribution is -2.56. The molecule has 0 aromatic rings. The summed E-state index contributed by atoms with van der Waals surface area (Å²) in [5.41, 5.74) is -1.35. The molecule has 0 spiro atoms. The number of hydrogen-bond acceptors (Lipinski definition) is 3. The van der Waals surface area contributed by atoms with E-state index in [1.807, 2.05) is 13.8 Å². The fourth-order valence-corrected chi connectivity index (χ4v) is 1.71. The Morgan fingerprint density at radius 1 is 1.56 bits per heavy atom. The Kier molecular flexibility index (Phi) is 3.28. The van der Waals surface area contributed by atoms with Gasteiger partial charge in [-0.2, -0.15) is 0 Å². The Bertz CT molecular complexity index is 313. The van der Waals surface area contributed by atoms with Crippen molar-refractivity contribution in [2.45, 2.75) is 32.7 Å². The number of hydrogen-bond donors (Lipinski definition) is 2. The third kappa shape index (κ3) is 2.52. The Morgan fingerprint density at radius 3 is 2.38 bits per heavy atom. The van der Waals surface area contributed by atoms with Crippen LogP contribution in [-0.4, -0.2) is 36.2 Å². The Morgan fingerprint density at radius 2 is 2.06 bits per heavy atom. The van der Waals surface area contributed by atoms with E-state index < -0.39 is 11.5 Å². The lowest BCUT2D eigenvalue weighted by Gasteiger charge is -2.25. The van der Waals surface area contributed by atoms with E-state index in [0.717, 1.165) is 6.42 Å². The van der Waals surface area contributed by atoms with Crippen LogP contribution in [0.1, 0.15) is 27.2 Å². The van der Waals surface area contributed by atoms with E-state index >= 15 is 0 Å². The fraction of sp³-hybridized carbons (Fsp3) is 0.818. The number of carboxylic acid groups (broad SMARTS) is 1. The molecule has 1 aliphatic carbocycles. The maximum Gasteiger partial charge on any atom is 0.331 e. The first-order valence-corrected chi connectivity index (χ1v) is 5.27. The highest BCUT2D eigenvalue weighted by atomic mass is 16.5. The number of nitrogens with one attached hydrogen (secondary N) is 1. The first kappa shape index (κ1) is 13.0. The Labute approximate surface area is 95.2 Å². The minimum Gasteiger partial charge on any atom is -0.479 e. The predicted molar refractivity (Wildman–Crippen MR) is 57.9 cm³/mol. The molecule has 1 unspecified atom stereocenters. The van der Waals surface area contributed by atoms with Crippen molar-refractivity contribution in [2.24, 2.45) is 11.3 Å². The van der Waals surface area contributed by atoms with E-state index in [0.29, 0.717) is 0 Å². The van der Waals surface area contributed by atoms with Crippen LogP contribution >= 0.6 is 0 Å². The SMILES string of the molecule is COCC(C)(NC(=O)[C@H]1CC1(C)C)C(=O)O. The molecule has 1 aliphatic rings. The number of methoxy groups -OCH3 is 1. The molecule has 0 heterocycles. The van der Waals surface area contributed by atoms with Gasteiger partial charge in [0, 0.05) is 13.0 Å². The zero-order valence-electron chi connectivity index (χ0n) is 10.2. The number of aliphatic carboxylic acids is 1. The molecule has 0 saturated heterocycles. The van der Waals surface area contributed by atoms with E-state index in [4.69, 9.17) is 9.84 Å². The number of rotatable bonds is 5. The van der Waals surface area contributed by atoms with Crippen LogP contribution in [0.15, 0.2) is 0 Å². The summed E-state index contributed by atoms with van der Waals surface area (Å²) in [7, 11) is 1.41. The van der Waals surface area contributed by atoms with Gasteiger partial charge in [0.05, 0.1) is 6.61 Å². The van der Waals surface area contributed by atoms with Gasteiger partial charge in [0.2, 0.25) is 5.91 Å². The van der Waals surface area contributed by atoms with E-state index in [1.54, 1.807) is 0 Å². The molecule has 2 atom stereocenters. The summed E-state index contributed by atoms with van der Waals surface area (Å²) in [5.74, 6) is -1.36. The van der Waals surface area contributed by atoms with Gasteiger partial charge in [-0.3, -0.25) is 4.79 Å². The lowest BCUT2D eigenvalue weighted by molar-refractivity contribution is -0.149. The van der Waals surface area contributed by atoms with E-state index in [-0.39, 0.29) is 23.8 Å². The molecule has 16 heavy (non-hydrogen) atoms. The zero-order chi connectivity index (χ0) is 12.6. The number of ether oxygens (including phenoxy) is 1. The van der Waals surface area contributed by atoms with Gasteiger partial charge in [-0.25, -0.2) is 4.79 Å². The van der Waals surface area contributed by atoms with Crippen molar-refractivity contribution in [1.29, 1.82) is 0 Å². The molecule has 1 rings (SSSR count). The highest BCUT2D eigenvalue weighted by Crippen LogP contribution is 2.51. The summed E-state index contributed by atoms with van der Waals surface area (Å²) >= 11 is 0. The van der Waals surface area contributed by atoms with Crippen molar-refractivity contribution >= 4 is 11.9 Å². The molecule has 92 valence electrons. The quantitative estimate of drug-likeness (QED) is 0.725. The molecule has 1 fully saturated rings. The average Bonchev–Trinajstić information content (AvgIpc) is 2.75. The summed E-state index contributed by atoms with van der Waals surface area (Å²) in [6.07, 6.45) is 0.807. The highest BCUT2D eigenvalue weighted by molar-refractivity contribution is 5.89. The van der Waals surface area contributed by atoms with Crippen molar-refractivity contribution in [2.75, 3.05) is 13.7 Å². The number of carbonyl (C=O) groups is 2. The van der Waals surface area contributed by atoms with Crippen LogP contribution < -0.4 is 5.32 Å². The smallest absolute Gasteiger partial charge is 0.331 e. The third-order valence-corrected chi connectivity index (χ3v) is 3.13. The normalized spacial score (nSPS) is 25.6. The standard InChI is InChI=1S/C11H19NO4/c1-10(2)5-7(10)8(13)12-11(3,6-16-4)9(14)15/h7H,5-6H2,1-4H3,(H,12,13)(H,14,15)/t7-,11?/m1/s1. The van der Waals surface area contributed by atoms with Gasteiger partial charge < -0.3 is 15.2 Å². The monoisotopic (exact) mass is 229 g/mol. The maximum atomic E-state index is 11.8. The van der Waals surface area contributed by atoms with Crippen molar-refractivity contribution in [3.63, 3.8) is 0 Å². The molecule has 1 saturated carbocycles. The second-order valence-corrected chi connectivity index (χ2v) is 5.30. The van der Waals surface area contributed by atoms with Crippen LogP contribution in [0.5, 0.6) is 0 Å². The van der Waals surface area contributed by atoms with Crippen LogP contribution in [0.3, 0.4) is 0 Å². The van der Waals surface area contributed by atoms with Crippen LogP contribution in [-0.2, 0) is 14.3 Å². The van der Waals surface area contributed by atoms with Gasteiger partial charge in [0.1, 0.15) is 0 Å². The van der Waals surface area contributed by atoms with Gasteiger partial charge in [0.15, 0.2) is 5.54 Å². The van der Waals surface area contributed by atoms with E-state index in [2.05, 4.69) is 5.32 Å².